The van der Waals surface area contributed by atoms with E-state index in [9.17, 15) is 4.79 Å². The molecule has 1 aromatic heterocycles. The molecule has 17 heavy (non-hydrogen) atoms. The van der Waals surface area contributed by atoms with Crippen molar-refractivity contribution >= 4 is 5.91 Å². The second kappa shape index (κ2) is 6.32. The Morgan fingerprint density at radius 2 is 2.06 bits per heavy atom. The van der Waals surface area contributed by atoms with Crippen LogP contribution in [0.4, 0.5) is 0 Å². The number of carbonyl (C=O) groups is 1. The molecule has 5 heteroatoms. The molecule has 0 aliphatic rings. The Balaban J connectivity index is 2.67. The average molecular weight is 236 g/mol. The highest BCUT2D eigenvalue weighted by molar-refractivity contribution is 5.94. The standard InChI is InChI=1S/C12H20N4O/c1-15(2)6-7-16(3)12(17)10-4-5-14-11(8-10)9-13/h4-5,8H,6-7,9,13H2,1-3H3. The SMILES string of the molecule is CN(C)CCN(C)C(=O)c1ccnc(CN)c1. The Bertz CT molecular complexity index is 379. The van der Waals surface area contributed by atoms with Crippen LogP contribution in [-0.4, -0.2) is 54.9 Å². The highest BCUT2D eigenvalue weighted by atomic mass is 16.2. The summed E-state index contributed by atoms with van der Waals surface area (Å²) in [6.45, 7) is 1.89. The van der Waals surface area contributed by atoms with Crippen LogP contribution < -0.4 is 5.73 Å². The first kappa shape index (κ1) is 13.6. The summed E-state index contributed by atoms with van der Waals surface area (Å²) in [5.74, 6) is 0.00366. The van der Waals surface area contributed by atoms with Crippen LogP contribution in [0.25, 0.3) is 0 Å². The fourth-order valence-corrected chi connectivity index (χ4v) is 1.39. The first-order chi connectivity index (χ1) is 8.04. The normalized spacial score (nSPS) is 10.6. The number of rotatable bonds is 5. The van der Waals surface area contributed by atoms with Gasteiger partial charge < -0.3 is 15.5 Å². The van der Waals surface area contributed by atoms with Crippen LogP contribution >= 0.6 is 0 Å². The maximum atomic E-state index is 12.1. The molecule has 0 unspecified atom stereocenters. The van der Waals surface area contributed by atoms with E-state index in [4.69, 9.17) is 5.73 Å². The Morgan fingerprint density at radius 1 is 1.35 bits per heavy atom. The zero-order valence-corrected chi connectivity index (χ0v) is 10.7. The van der Waals surface area contributed by atoms with Crippen LogP contribution in [0.15, 0.2) is 18.3 Å². The monoisotopic (exact) mass is 236 g/mol. The zero-order valence-electron chi connectivity index (χ0n) is 10.7. The van der Waals surface area contributed by atoms with E-state index in [1.165, 1.54) is 0 Å². The van der Waals surface area contributed by atoms with Gasteiger partial charge in [0.2, 0.25) is 0 Å². The number of nitrogens with two attached hydrogens (primary N) is 1. The predicted octanol–water partition coefficient (Wildman–Crippen LogP) is 0.174. The van der Waals surface area contributed by atoms with Gasteiger partial charge in [0.1, 0.15) is 0 Å². The lowest BCUT2D eigenvalue weighted by Crippen LogP contribution is -2.33. The molecule has 94 valence electrons. The topological polar surface area (TPSA) is 62.5 Å². The van der Waals surface area contributed by atoms with E-state index in [0.29, 0.717) is 18.7 Å². The van der Waals surface area contributed by atoms with Gasteiger partial charge in [-0.1, -0.05) is 0 Å². The predicted molar refractivity (Wildman–Crippen MR) is 67.6 cm³/mol. The molecule has 2 N–H and O–H groups in total. The third-order valence-corrected chi connectivity index (χ3v) is 2.50. The van der Waals surface area contributed by atoms with Crippen molar-refractivity contribution < 1.29 is 4.79 Å². The minimum absolute atomic E-state index is 0.00366. The minimum atomic E-state index is 0.00366. The van der Waals surface area contributed by atoms with Gasteiger partial charge in [-0.25, -0.2) is 0 Å². The maximum absolute atomic E-state index is 12.1. The molecule has 1 rings (SSSR count). The number of hydrogen-bond acceptors (Lipinski definition) is 4. The van der Waals surface area contributed by atoms with Crippen molar-refractivity contribution in [1.82, 2.24) is 14.8 Å². The van der Waals surface area contributed by atoms with Crippen molar-refractivity contribution in [2.75, 3.05) is 34.2 Å². The molecule has 1 heterocycles. The van der Waals surface area contributed by atoms with Gasteiger partial charge in [0.15, 0.2) is 0 Å². The summed E-state index contributed by atoms with van der Waals surface area (Å²) < 4.78 is 0. The third kappa shape index (κ3) is 4.13. The Kier molecular flexibility index (Phi) is 5.06. The lowest BCUT2D eigenvalue weighted by atomic mass is 10.2. The van der Waals surface area contributed by atoms with Crippen molar-refractivity contribution in [2.24, 2.45) is 5.73 Å². The number of pyridine rings is 1. The second-order valence-corrected chi connectivity index (χ2v) is 4.27. The number of likely N-dealkylation sites (N-methyl/N-ethyl adjacent to an activating group) is 2. The lowest BCUT2D eigenvalue weighted by Gasteiger charge is -2.19. The van der Waals surface area contributed by atoms with Gasteiger partial charge in [-0.15, -0.1) is 0 Å². The van der Waals surface area contributed by atoms with E-state index < -0.39 is 0 Å². The highest BCUT2D eigenvalue weighted by Crippen LogP contribution is 2.04. The van der Waals surface area contributed by atoms with E-state index in [-0.39, 0.29) is 5.91 Å². The zero-order chi connectivity index (χ0) is 12.8. The highest BCUT2D eigenvalue weighted by Gasteiger charge is 2.12. The summed E-state index contributed by atoms with van der Waals surface area (Å²) in [5, 5.41) is 0. The first-order valence-electron chi connectivity index (χ1n) is 5.59. The molecule has 1 amide bonds. The van der Waals surface area contributed by atoms with Crippen molar-refractivity contribution in [3.63, 3.8) is 0 Å². The van der Waals surface area contributed by atoms with E-state index in [1.807, 2.05) is 19.0 Å². The van der Waals surface area contributed by atoms with Gasteiger partial charge in [-0.2, -0.15) is 0 Å². The molecule has 0 saturated carbocycles. The molecule has 1 aromatic rings. The summed E-state index contributed by atoms with van der Waals surface area (Å²) in [7, 11) is 5.77. The molecule has 5 nitrogen and oxygen atoms in total. The van der Waals surface area contributed by atoms with Gasteiger partial charge in [0.05, 0.1) is 5.69 Å². The fraction of sp³-hybridized carbons (Fsp3) is 0.500. The van der Waals surface area contributed by atoms with Crippen molar-refractivity contribution in [3.05, 3.63) is 29.6 Å². The minimum Gasteiger partial charge on any atom is -0.340 e. The largest absolute Gasteiger partial charge is 0.340 e. The van der Waals surface area contributed by atoms with Gasteiger partial charge >= 0.3 is 0 Å². The fourth-order valence-electron chi connectivity index (χ4n) is 1.39. The summed E-state index contributed by atoms with van der Waals surface area (Å²) in [5.41, 5.74) is 6.87. The van der Waals surface area contributed by atoms with E-state index in [2.05, 4.69) is 4.98 Å². The molecule has 0 aliphatic heterocycles. The van der Waals surface area contributed by atoms with Crippen molar-refractivity contribution in [3.8, 4) is 0 Å². The Labute approximate surface area is 102 Å². The smallest absolute Gasteiger partial charge is 0.253 e. The number of aromatic nitrogens is 1. The Morgan fingerprint density at radius 3 is 2.65 bits per heavy atom. The van der Waals surface area contributed by atoms with Crippen LogP contribution in [0.2, 0.25) is 0 Å². The number of hydrogen-bond donors (Lipinski definition) is 1. The van der Waals surface area contributed by atoms with Gasteiger partial charge in [0.25, 0.3) is 5.91 Å². The summed E-state index contributed by atoms with van der Waals surface area (Å²) in [6, 6.07) is 3.46. The van der Waals surface area contributed by atoms with Gasteiger partial charge in [0, 0.05) is 38.4 Å². The third-order valence-electron chi connectivity index (χ3n) is 2.50. The van der Waals surface area contributed by atoms with Crippen LogP contribution in [0, 0.1) is 0 Å². The molecular formula is C12H20N4O. The maximum Gasteiger partial charge on any atom is 0.253 e. The average Bonchev–Trinajstić information content (AvgIpc) is 2.35. The van der Waals surface area contributed by atoms with E-state index in [0.717, 1.165) is 12.2 Å². The number of amides is 1. The molecule has 0 atom stereocenters. The molecular weight excluding hydrogens is 216 g/mol. The molecule has 0 spiro atoms. The molecule has 0 fully saturated rings. The lowest BCUT2D eigenvalue weighted by molar-refractivity contribution is 0.0786. The summed E-state index contributed by atoms with van der Waals surface area (Å²) in [4.78, 5) is 19.9. The molecule has 0 aromatic carbocycles. The number of carbonyl (C=O) groups excluding carboxylic acids is 1. The molecule has 0 bridgehead atoms. The van der Waals surface area contributed by atoms with Crippen LogP contribution in [0.3, 0.4) is 0 Å². The van der Waals surface area contributed by atoms with Crippen LogP contribution in [0.1, 0.15) is 16.1 Å². The van der Waals surface area contributed by atoms with E-state index >= 15 is 0 Å². The Hall–Kier alpha value is -1.46. The first-order valence-corrected chi connectivity index (χ1v) is 5.59. The van der Waals surface area contributed by atoms with Gasteiger partial charge in [-0.3, -0.25) is 9.78 Å². The van der Waals surface area contributed by atoms with Crippen LogP contribution in [-0.2, 0) is 6.54 Å². The van der Waals surface area contributed by atoms with Crippen molar-refractivity contribution in [2.45, 2.75) is 6.54 Å². The molecule has 0 saturated heterocycles. The van der Waals surface area contributed by atoms with Crippen molar-refractivity contribution in [1.29, 1.82) is 0 Å². The summed E-state index contributed by atoms with van der Waals surface area (Å²) >= 11 is 0. The quantitative estimate of drug-likeness (QED) is 0.792. The van der Waals surface area contributed by atoms with Gasteiger partial charge in [-0.05, 0) is 26.2 Å². The molecule has 0 aliphatic carbocycles. The second-order valence-electron chi connectivity index (χ2n) is 4.27. The van der Waals surface area contributed by atoms with Crippen LogP contribution in [0.5, 0.6) is 0 Å². The summed E-state index contributed by atoms with van der Waals surface area (Å²) in [6.07, 6.45) is 1.62. The number of nitrogens with zero attached hydrogens (tertiary/aromatic N) is 3. The van der Waals surface area contributed by atoms with E-state index in [1.54, 1.807) is 30.3 Å². The molecule has 0 radical (unpaired) electrons.